The molecular formula is C48H48F6N6O6. The summed E-state index contributed by atoms with van der Waals surface area (Å²) in [5.41, 5.74) is 3.71. The normalized spacial score (nSPS) is 15.8. The molecule has 4 heterocycles. The third-order valence-electron chi connectivity index (χ3n) is 11.3. The molecule has 6 aromatic rings. The number of ether oxygens (including phenoxy) is 3. The Labute approximate surface area is 376 Å². The summed E-state index contributed by atoms with van der Waals surface area (Å²) < 4.78 is 111. The first-order chi connectivity index (χ1) is 31.5. The van der Waals surface area contributed by atoms with Crippen LogP contribution in [0.4, 0.5) is 26.3 Å². The minimum absolute atomic E-state index is 0.0382. The first-order valence-electron chi connectivity index (χ1n) is 21.8. The van der Waals surface area contributed by atoms with Crippen LogP contribution in [-0.2, 0) is 41.1 Å². The van der Waals surface area contributed by atoms with E-state index in [1.54, 1.807) is 33.8 Å². The molecule has 0 bridgehead atoms. The lowest BCUT2D eigenvalue weighted by Gasteiger charge is -2.21. The molecule has 2 aliphatic rings. The van der Waals surface area contributed by atoms with Gasteiger partial charge in [0.05, 0.1) is 23.3 Å². The van der Waals surface area contributed by atoms with Crippen LogP contribution in [0.2, 0.25) is 0 Å². The van der Waals surface area contributed by atoms with Gasteiger partial charge in [0.15, 0.2) is 0 Å². The molecule has 1 unspecified atom stereocenters. The van der Waals surface area contributed by atoms with Crippen molar-refractivity contribution in [2.45, 2.75) is 90.5 Å². The fourth-order valence-electron chi connectivity index (χ4n) is 8.14. The van der Waals surface area contributed by atoms with Crippen LogP contribution in [0.1, 0.15) is 80.0 Å². The number of nitrogens with zero attached hydrogens (tertiary/aromatic N) is 5. The third-order valence-corrected chi connectivity index (χ3v) is 11.3. The van der Waals surface area contributed by atoms with Gasteiger partial charge in [-0.1, -0.05) is 34.6 Å². The van der Waals surface area contributed by atoms with Gasteiger partial charge >= 0.3 is 18.3 Å². The second-order valence-electron chi connectivity index (χ2n) is 16.9. The maximum absolute atomic E-state index is 13.9. The van der Waals surface area contributed by atoms with Crippen molar-refractivity contribution in [3.8, 4) is 57.2 Å². The number of fused-ring (bicyclic) bond motifs is 2. The number of alkyl halides is 6. The number of nitrogens with one attached hydrogen (secondary N) is 1. The first kappa shape index (κ1) is 46.3. The SMILES string of the molecule is CC(C)Oc1ccc(-c2nc(-c3ccc4c(c3)CCN(CCCC(=O)OC3CNCCc5cc(-c6noc(-c7ccc(OC(C)C)c(C(F)(F)F)c7)n6)ccc53)CC4)no2)cc1C(F)(F)F. The number of rotatable bonds is 13. The monoisotopic (exact) mass is 918 g/mol. The molecular weight excluding hydrogens is 871 g/mol. The number of aromatic nitrogens is 4. The summed E-state index contributed by atoms with van der Waals surface area (Å²) in [4.78, 5) is 24.4. The number of benzene rings is 4. The molecule has 12 nitrogen and oxygen atoms in total. The quantitative estimate of drug-likeness (QED) is 0.0872. The molecule has 1 atom stereocenters. The molecule has 0 spiro atoms. The largest absolute Gasteiger partial charge is 0.490 e. The van der Waals surface area contributed by atoms with E-state index in [4.69, 9.17) is 23.3 Å². The van der Waals surface area contributed by atoms with Crippen molar-refractivity contribution in [3.63, 3.8) is 0 Å². The number of carbonyl (C=O) groups is 1. The third kappa shape index (κ3) is 10.9. The minimum Gasteiger partial charge on any atom is -0.490 e. The van der Waals surface area contributed by atoms with Crippen LogP contribution in [-0.4, -0.2) is 76.1 Å². The van der Waals surface area contributed by atoms with E-state index in [0.29, 0.717) is 43.6 Å². The molecule has 0 saturated carbocycles. The molecule has 8 rings (SSSR count). The van der Waals surface area contributed by atoms with Gasteiger partial charge in [-0.05, 0) is 137 Å². The standard InChI is InChI=1S/C48H48F6N6O6/c1-27(2)62-39-13-10-34(24-37(39)47(49,50)51)45-56-43(58-65-45)32-8-7-29-16-20-60(21-17-30(29)22-32)19-5-6-42(61)64-41-26-55-18-15-31-23-33(9-12-36(31)41)44-57-46(66-59-44)35-11-14-40(63-28(3)4)38(25-35)48(52,53)54/h7-14,22-25,27-28,41,55H,5-6,15-21,26H2,1-4H3. The van der Waals surface area contributed by atoms with Gasteiger partial charge < -0.3 is 33.5 Å². The highest BCUT2D eigenvalue weighted by atomic mass is 19.4. The fraction of sp³-hybridized carbons (Fsp3) is 0.396. The van der Waals surface area contributed by atoms with Crippen LogP contribution >= 0.6 is 0 Å². The number of hydrogen-bond acceptors (Lipinski definition) is 12. The van der Waals surface area contributed by atoms with Crippen molar-refractivity contribution in [2.24, 2.45) is 0 Å². The van der Waals surface area contributed by atoms with Crippen LogP contribution in [0.25, 0.3) is 45.7 Å². The Bertz CT molecular complexity index is 2680. The van der Waals surface area contributed by atoms with Crippen molar-refractivity contribution in [2.75, 3.05) is 32.7 Å². The zero-order valence-electron chi connectivity index (χ0n) is 36.7. The summed E-state index contributed by atoms with van der Waals surface area (Å²) in [5, 5.41) is 11.5. The molecule has 2 aromatic heterocycles. The van der Waals surface area contributed by atoms with Gasteiger partial charge in [0, 0.05) is 48.3 Å². The predicted octanol–water partition coefficient (Wildman–Crippen LogP) is 10.3. The van der Waals surface area contributed by atoms with Gasteiger partial charge in [-0.3, -0.25) is 4.79 Å². The molecule has 0 saturated heterocycles. The van der Waals surface area contributed by atoms with Gasteiger partial charge in [0.25, 0.3) is 11.8 Å². The van der Waals surface area contributed by atoms with E-state index in [1.165, 1.54) is 29.8 Å². The molecule has 4 aromatic carbocycles. The van der Waals surface area contributed by atoms with Crippen LogP contribution in [0, 0.1) is 0 Å². The lowest BCUT2D eigenvalue weighted by Crippen LogP contribution is -2.28. The molecule has 0 amide bonds. The van der Waals surface area contributed by atoms with Crippen molar-refractivity contribution in [1.29, 1.82) is 0 Å². The molecule has 348 valence electrons. The van der Waals surface area contributed by atoms with Crippen molar-refractivity contribution < 1.29 is 54.4 Å². The Kier molecular flexibility index (Phi) is 13.5. The molecule has 1 N–H and O–H groups in total. The van der Waals surface area contributed by atoms with Crippen molar-refractivity contribution in [1.82, 2.24) is 30.5 Å². The van der Waals surface area contributed by atoms with Gasteiger partial charge in [-0.15, -0.1) is 0 Å². The van der Waals surface area contributed by atoms with E-state index in [9.17, 15) is 31.1 Å². The van der Waals surface area contributed by atoms with Gasteiger partial charge in [-0.2, -0.15) is 36.3 Å². The Morgan fingerprint density at radius 3 is 1.79 bits per heavy atom. The minimum atomic E-state index is -4.66. The van der Waals surface area contributed by atoms with Crippen molar-refractivity contribution >= 4 is 5.97 Å². The Balaban J connectivity index is 0.852. The van der Waals surface area contributed by atoms with Gasteiger partial charge in [0.1, 0.15) is 17.6 Å². The topological polar surface area (TPSA) is 138 Å². The second-order valence-corrected chi connectivity index (χ2v) is 16.9. The molecule has 66 heavy (non-hydrogen) atoms. The highest BCUT2D eigenvalue weighted by Gasteiger charge is 2.37. The van der Waals surface area contributed by atoms with E-state index in [1.807, 2.05) is 30.3 Å². The van der Waals surface area contributed by atoms with Gasteiger partial charge in [0.2, 0.25) is 11.6 Å². The second kappa shape index (κ2) is 19.3. The van der Waals surface area contributed by atoms with Gasteiger partial charge in [-0.25, -0.2) is 0 Å². The van der Waals surface area contributed by atoms with E-state index < -0.39 is 41.8 Å². The van der Waals surface area contributed by atoms with Crippen LogP contribution in [0.15, 0.2) is 81.8 Å². The smallest absolute Gasteiger partial charge is 0.419 e. The zero-order valence-corrected chi connectivity index (χ0v) is 36.7. The lowest BCUT2D eigenvalue weighted by atomic mass is 9.98. The summed E-state index contributed by atoms with van der Waals surface area (Å²) in [6, 6.07) is 18.7. The van der Waals surface area contributed by atoms with E-state index in [-0.39, 0.29) is 58.4 Å². The number of esters is 1. The average Bonchev–Trinajstić information content (AvgIpc) is 3.87. The maximum atomic E-state index is 13.9. The summed E-state index contributed by atoms with van der Waals surface area (Å²) in [5.74, 6) is -0.513. The Morgan fingerprint density at radius 2 is 1.23 bits per heavy atom. The molecule has 2 aliphatic heterocycles. The van der Waals surface area contributed by atoms with Crippen molar-refractivity contribution in [3.05, 3.63) is 106 Å². The molecule has 0 aliphatic carbocycles. The van der Waals surface area contributed by atoms with Crippen LogP contribution in [0.3, 0.4) is 0 Å². The highest BCUT2D eigenvalue weighted by molar-refractivity contribution is 5.70. The first-order valence-corrected chi connectivity index (χ1v) is 21.8. The number of carbonyl (C=O) groups excluding carboxylic acids is 1. The summed E-state index contributed by atoms with van der Waals surface area (Å²) in [6.07, 6.45) is -7.73. The number of hydrogen-bond donors (Lipinski definition) is 1. The maximum Gasteiger partial charge on any atom is 0.419 e. The summed E-state index contributed by atoms with van der Waals surface area (Å²) in [6.45, 7) is 9.91. The zero-order chi connectivity index (χ0) is 46.8. The molecule has 0 fully saturated rings. The van der Waals surface area contributed by atoms with E-state index in [0.717, 1.165) is 54.8 Å². The summed E-state index contributed by atoms with van der Waals surface area (Å²) >= 11 is 0. The predicted molar refractivity (Wildman–Crippen MR) is 230 cm³/mol. The Hall–Kier alpha value is -6.27. The fourth-order valence-corrected chi connectivity index (χ4v) is 8.14. The average molecular weight is 919 g/mol. The Morgan fingerprint density at radius 1 is 0.697 bits per heavy atom. The highest BCUT2D eigenvalue weighted by Crippen LogP contribution is 2.41. The summed E-state index contributed by atoms with van der Waals surface area (Å²) in [7, 11) is 0. The molecule has 0 radical (unpaired) electrons. The van der Waals surface area contributed by atoms with Crippen LogP contribution < -0.4 is 14.8 Å². The molecule has 18 heteroatoms. The lowest BCUT2D eigenvalue weighted by molar-refractivity contribution is -0.149. The van der Waals surface area contributed by atoms with Crippen LogP contribution in [0.5, 0.6) is 11.5 Å². The van der Waals surface area contributed by atoms with E-state index in [2.05, 4.69) is 30.5 Å². The number of halogens is 6. The van der Waals surface area contributed by atoms with E-state index >= 15 is 0 Å².